The van der Waals surface area contributed by atoms with Gasteiger partial charge in [-0.2, -0.15) is 0 Å². The highest BCUT2D eigenvalue weighted by molar-refractivity contribution is 5.38. The van der Waals surface area contributed by atoms with Crippen LogP contribution >= 0.6 is 0 Å². The molecule has 0 aliphatic heterocycles. The smallest absolute Gasteiger partial charge is 0.148 e. The fraction of sp³-hybridized carbons (Fsp3) is 0.267. The van der Waals surface area contributed by atoms with Gasteiger partial charge in [0.05, 0.1) is 5.69 Å². The van der Waals surface area contributed by atoms with Crippen molar-refractivity contribution in [3.8, 4) is 11.5 Å². The van der Waals surface area contributed by atoms with Gasteiger partial charge in [0.15, 0.2) is 0 Å². The van der Waals surface area contributed by atoms with E-state index in [2.05, 4.69) is 29.4 Å². The first-order valence-electron chi connectivity index (χ1n) is 6.04. The van der Waals surface area contributed by atoms with Gasteiger partial charge in [-0.25, -0.2) is 0 Å². The van der Waals surface area contributed by atoms with E-state index < -0.39 is 0 Å². The lowest BCUT2D eigenvalue weighted by Crippen LogP contribution is -2.06. The molecule has 0 atom stereocenters. The van der Waals surface area contributed by atoms with Crippen molar-refractivity contribution in [2.45, 2.75) is 20.4 Å². The van der Waals surface area contributed by atoms with Crippen LogP contribution in [-0.4, -0.2) is 12.0 Å². The lowest BCUT2D eigenvalue weighted by atomic mass is 10.1. The summed E-state index contributed by atoms with van der Waals surface area (Å²) in [7, 11) is 1.95. The Bertz CT molecular complexity index is 538. The van der Waals surface area contributed by atoms with Crippen molar-refractivity contribution < 1.29 is 4.74 Å². The first-order valence-corrected chi connectivity index (χ1v) is 6.04. The Morgan fingerprint density at radius 3 is 2.72 bits per heavy atom. The molecule has 3 heteroatoms. The highest BCUT2D eigenvalue weighted by atomic mass is 16.5. The number of nitrogens with zero attached hydrogens (tertiary/aromatic N) is 1. The predicted octanol–water partition coefficient (Wildman–Crippen LogP) is 3.21. The topological polar surface area (TPSA) is 34.1 Å². The van der Waals surface area contributed by atoms with E-state index in [4.69, 9.17) is 4.74 Å². The summed E-state index contributed by atoms with van der Waals surface area (Å²) in [5.41, 5.74) is 3.41. The normalized spacial score (nSPS) is 10.4. The van der Waals surface area contributed by atoms with Crippen molar-refractivity contribution >= 4 is 0 Å². The molecule has 0 amide bonds. The van der Waals surface area contributed by atoms with Crippen LogP contribution in [0.2, 0.25) is 0 Å². The van der Waals surface area contributed by atoms with Crippen molar-refractivity contribution in [1.82, 2.24) is 10.3 Å². The molecule has 1 N–H and O–H groups in total. The summed E-state index contributed by atoms with van der Waals surface area (Å²) in [5.74, 6) is 1.65. The Morgan fingerprint density at radius 2 is 2.06 bits per heavy atom. The van der Waals surface area contributed by atoms with Crippen molar-refractivity contribution in [3.63, 3.8) is 0 Å². The quantitative estimate of drug-likeness (QED) is 0.894. The average molecular weight is 242 g/mol. The molecule has 0 radical (unpaired) electrons. The maximum atomic E-state index is 5.84. The molecule has 1 aromatic heterocycles. The number of ether oxygens (including phenoxy) is 1. The van der Waals surface area contributed by atoms with Gasteiger partial charge in [-0.05, 0) is 56.3 Å². The van der Waals surface area contributed by atoms with Crippen LogP contribution in [0.25, 0.3) is 0 Å². The van der Waals surface area contributed by atoms with E-state index >= 15 is 0 Å². The van der Waals surface area contributed by atoms with Crippen molar-refractivity contribution in [2.24, 2.45) is 0 Å². The van der Waals surface area contributed by atoms with E-state index in [1.165, 1.54) is 11.1 Å². The molecule has 3 nitrogen and oxygen atoms in total. The van der Waals surface area contributed by atoms with Gasteiger partial charge in [0.25, 0.3) is 0 Å². The van der Waals surface area contributed by atoms with E-state index in [0.29, 0.717) is 0 Å². The third kappa shape index (κ3) is 2.87. The van der Waals surface area contributed by atoms with Gasteiger partial charge in [-0.1, -0.05) is 6.07 Å². The zero-order valence-electron chi connectivity index (χ0n) is 11.0. The molecule has 0 aliphatic rings. The van der Waals surface area contributed by atoms with Gasteiger partial charge in [0.1, 0.15) is 11.5 Å². The van der Waals surface area contributed by atoms with Crippen LogP contribution in [-0.2, 0) is 6.54 Å². The summed E-state index contributed by atoms with van der Waals surface area (Å²) in [4.78, 5) is 4.21. The SMILES string of the molecule is CNCc1ccc(Oc2cccnc2C)cc1C. The fourth-order valence-corrected chi connectivity index (χ4v) is 1.82. The van der Waals surface area contributed by atoms with Crippen LogP contribution < -0.4 is 10.1 Å². The number of rotatable bonds is 4. The highest BCUT2D eigenvalue weighted by Gasteiger charge is 2.04. The van der Waals surface area contributed by atoms with E-state index in [0.717, 1.165) is 23.7 Å². The van der Waals surface area contributed by atoms with E-state index in [9.17, 15) is 0 Å². The summed E-state index contributed by atoms with van der Waals surface area (Å²) in [6.45, 7) is 4.91. The van der Waals surface area contributed by atoms with Gasteiger partial charge >= 0.3 is 0 Å². The first kappa shape index (κ1) is 12.6. The van der Waals surface area contributed by atoms with Crippen LogP contribution in [0.5, 0.6) is 11.5 Å². The van der Waals surface area contributed by atoms with Gasteiger partial charge in [-0.3, -0.25) is 4.98 Å². The molecule has 0 aliphatic carbocycles. The van der Waals surface area contributed by atoms with Crippen LogP contribution in [0, 0.1) is 13.8 Å². The summed E-state index contributed by atoms with van der Waals surface area (Å²) in [6, 6.07) is 9.95. The van der Waals surface area contributed by atoms with Gasteiger partial charge in [-0.15, -0.1) is 0 Å². The maximum absolute atomic E-state index is 5.84. The largest absolute Gasteiger partial charge is 0.455 e. The Kier molecular flexibility index (Phi) is 3.95. The van der Waals surface area contributed by atoms with Crippen LogP contribution in [0.1, 0.15) is 16.8 Å². The highest BCUT2D eigenvalue weighted by Crippen LogP contribution is 2.25. The minimum atomic E-state index is 0.804. The Labute approximate surface area is 108 Å². The lowest BCUT2D eigenvalue weighted by Gasteiger charge is -2.10. The first-order chi connectivity index (χ1) is 8.70. The molecule has 0 saturated carbocycles. The summed E-state index contributed by atoms with van der Waals surface area (Å²) in [5, 5.41) is 3.15. The molecule has 18 heavy (non-hydrogen) atoms. The molecular formula is C15H18N2O. The van der Waals surface area contributed by atoms with E-state index in [1.807, 2.05) is 32.2 Å². The van der Waals surface area contributed by atoms with Crippen molar-refractivity contribution in [3.05, 3.63) is 53.3 Å². The molecule has 0 spiro atoms. The summed E-state index contributed by atoms with van der Waals surface area (Å²) in [6.07, 6.45) is 1.77. The van der Waals surface area contributed by atoms with Gasteiger partial charge in [0, 0.05) is 12.7 Å². The third-order valence-corrected chi connectivity index (χ3v) is 2.87. The molecule has 0 unspecified atom stereocenters. The maximum Gasteiger partial charge on any atom is 0.148 e. The Balaban J connectivity index is 2.20. The molecule has 2 aromatic rings. The Hall–Kier alpha value is -1.87. The number of hydrogen-bond acceptors (Lipinski definition) is 3. The minimum absolute atomic E-state index is 0.804. The number of nitrogens with one attached hydrogen (secondary N) is 1. The molecule has 1 heterocycles. The van der Waals surface area contributed by atoms with Crippen LogP contribution in [0.15, 0.2) is 36.5 Å². The number of pyridine rings is 1. The minimum Gasteiger partial charge on any atom is -0.455 e. The summed E-state index contributed by atoms with van der Waals surface area (Å²) < 4.78 is 5.84. The van der Waals surface area contributed by atoms with Gasteiger partial charge in [0.2, 0.25) is 0 Å². The standard InChI is InChI=1S/C15H18N2O/c1-11-9-14(7-6-13(11)10-16-3)18-15-5-4-8-17-12(15)2/h4-9,16H,10H2,1-3H3. The third-order valence-electron chi connectivity index (χ3n) is 2.87. The van der Waals surface area contributed by atoms with Crippen molar-refractivity contribution in [1.29, 1.82) is 0 Å². The fourth-order valence-electron chi connectivity index (χ4n) is 1.82. The van der Waals surface area contributed by atoms with Crippen LogP contribution in [0.3, 0.4) is 0 Å². The van der Waals surface area contributed by atoms with Crippen molar-refractivity contribution in [2.75, 3.05) is 7.05 Å². The molecule has 0 fully saturated rings. The zero-order chi connectivity index (χ0) is 13.0. The van der Waals surface area contributed by atoms with Gasteiger partial charge < -0.3 is 10.1 Å². The second-order valence-corrected chi connectivity index (χ2v) is 4.31. The molecule has 0 bridgehead atoms. The number of aryl methyl sites for hydroxylation is 2. The second kappa shape index (κ2) is 5.65. The zero-order valence-corrected chi connectivity index (χ0v) is 11.0. The number of benzene rings is 1. The Morgan fingerprint density at radius 1 is 1.22 bits per heavy atom. The lowest BCUT2D eigenvalue weighted by molar-refractivity contribution is 0.475. The molecule has 1 aromatic carbocycles. The average Bonchev–Trinajstić information content (AvgIpc) is 2.36. The number of hydrogen-bond donors (Lipinski definition) is 1. The monoisotopic (exact) mass is 242 g/mol. The molecular weight excluding hydrogens is 224 g/mol. The van der Waals surface area contributed by atoms with E-state index in [1.54, 1.807) is 6.20 Å². The molecule has 0 saturated heterocycles. The number of aromatic nitrogens is 1. The molecule has 94 valence electrons. The molecule has 2 rings (SSSR count). The second-order valence-electron chi connectivity index (χ2n) is 4.31. The van der Waals surface area contributed by atoms with E-state index in [-0.39, 0.29) is 0 Å². The summed E-state index contributed by atoms with van der Waals surface area (Å²) >= 11 is 0. The predicted molar refractivity (Wildman–Crippen MR) is 73.0 cm³/mol. The van der Waals surface area contributed by atoms with Crippen LogP contribution in [0.4, 0.5) is 0 Å².